The number of halogens is 3. The van der Waals surface area contributed by atoms with Gasteiger partial charge in [0.05, 0.1) is 0 Å². The Morgan fingerprint density at radius 3 is 2.64 bits per heavy atom. The third-order valence-electron chi connectivity index (χ3n) is 2.11. The van der Waals surface area contributed by atoms with Crippen molar-refractivity contribution >= 4 is 59.7 Å². The van der Waals surface area contributed by atoms with E-state index in [0.29, 0.717) is 4.48 Å². The number of hydrogen-bond acceptors (Lipinski definition) is 3. The average Bonchev–Trinajstić information content (AvgIpc) is 2.29. The van der Waals surface area contributed by atoms with Crippen molar-refractivity contribution in [2.75, 3.05) is 0 Å². The van der Waals surface area contributed by atoms with E-state index in [2.05, 4.69) is 52.5 Å². The predicted octanol–water partition coefficient (Wildman–Crippen LogP) is 2.39. The fourth-order valence-electron chi connectivity index (χ4n) is 1.38. The van der Waals surface area contributed by atoms with Crippen molar-refractivity contribution in [2.24, 2.45) is 5.92 Å². The molecule has 0 spiro atoms. The minimum absolute atomic E-state index is 0.533. The van der Waals surface area contributed by atoms with Gasteiger partial charge >= 0.3 is 11.9 Å². The van der Waals surface area contributed by atoms with Crippen LogP contribution < -0.4 is 0 Å². The number of ether oxygens (including phenoxy) is 1. The van der Waals surface area contributed by atoms with Gasteiger partial charge in [0.15, 0.2) is 4.32 Å². The lowest BCUT2D eigenvalue weighted by molar-refractivity contribution is -0.152. The molecule has 2 unspecified atom stereocenters. The normalized spacial score (nSPS) is 36.1. The first-order valence-corrected chi connectivity index (χ1v) is 6.04. The number of allylic oxidation sites excluding steroid dienone is 2. The van der Waals surface area contributed by atoms with Crippen molar-refractivity contribution in [3.05, 3.63) is 21.1 Å². The van der Waals surface area contributed by atoms with Gasteiger partial charge in [-0.15, -0.1) is 0 Å². The molecular formula is C8H3Br3O3. The second-order valence-electron chi connectivity index (χ2n) is 2.94. The summed E-state index contributed by atoms with van der Waals surface area (Å²) >= 11 is 9.75. The van der Waals surface area contributed by atoms with Gasteiger partial charge in [0.25, 0.3) is 0 Å². The van der Waals surface area contributed by atoms with Crippen molar-refractivity contribution in [2.45, 2.75) is 4.32 Å². The molecule has 1 saturated heterocycles. The van der Waals surface area contributed by atoms with Crippen LogP contribution in [0, 0.1) is 5.92 Å². The van der Waals surface area contributed by atoms with Crippen molar-refractivity contribution in [1.29, 1.82) is 0 Å². The largest absolute Gasteiger partial charge is 0.391 e. The summed E-state index contributed by atoms with van der Waals surface area (Å²) in [6.07, 6.45) is 3.36. The monoisotopic (exact) mass is 384 g/mol. The number of carbonyl (C=O) groups excluding carboxylic acids is 2. The Morgan fingerprint density at radius 2 is 2.00 bits per heavy atom. The van der Waals surface area contributed by atoms with Crippen LogP contribution in [0.25, 0.3) is 0 Å². The van der Waals surface area contributed by atoms with E-state index in [4.69, 9.17) is 0 Å². The fraction of sp³-hybridized carbons (Fsp3) is 0.250. The fourth-order valence-corrected chi connectivity index (χ4v) is 3.35. The number of esters is 2. The molecular weight excluding hydrogens is 384 g/mol. The first kappa shape index (κ1) is 10.6. The molecule has 1 aliphatic heterocycles. The van der Waals surface area contributed by atoms with Crippen molar-refractivity contribution < 1.29 is 14.3 Å². The molecule has 2 aliphatic rings. The molecule has 2 atom stereocenters. The number of carbonyl (C=O) groups is 2. The van der Waals surface area contributed by atoms with Crippen LogP contribution in [0.5, 0.6) is 0 Å². The number of hydrogen-bond donors (Lipinski definition) is 0. The SMILES string of the molecule is O=C1OC(=O)C2(Br)C(Br)=CC(Br)=CC12. The van der Waals surface area contributed by atoms with Gasteiger partial charge in [0.2, 0.25) is 0 Å². The maximum Gasteiger partial charge on any atom is 0.336 e. The third-order valence-corrected chi connectivity index (χ3v) is 5.23. The Morgan fingerprint density at radius 1 is 1.36 bits per heavy atom. The molecule has 1 fully saturated rings. The van der Waals surface area contributed by atoms with Crippen LogP contribution in [0.1, 0.15) is 0 Å². The molecule has 2 rings (SSSR count). The van der Waals surface area contributed by atoms with Crippen molar-refractivity contribution in [3.63, 3.8) is 0 Å². The molecule has 1 heterocycles. The molecule has 1 aliphatic carbocycles. The van der Waals surface area contributed by atoms with E-state index in [1.807, 2.05) is 0 Å². The number of cyclic esters (lactones) is 2. The standard InChI is InChI=1S/C8H3Br3O3/c9-3-1-4-6(12)14-7(13)8(4,11)5(10)2-3/h1-2,4H. The summed E-state index contributed by atoms with van der Waals surface area (Å²) in [6.45, 7) is 0. The van der Waals surface area contributed by atoms with Crippen LogP contribution in [0.3, 0.4) is 0 Å². The predicted molar refractivity (Wildman–Crippen MR) is 60.3 cm³/mol. The molecule has 0 N–H and O–H groups in total. The third kappa shape index (κ3) is 1.27. The molecule has 0 bridgehead atoms. The van der Waals surface area contributed by atoms with Gasteiger partial charge in [-0.25, -0.2) is 4.79 Å². The molecule has 3 nitrogen and oxygen atoms in total. The molecule has 0 amide bonds. The van der Waals surface area contributed by atoms with Crippen LogP contribution in [0.2, 0.25) is 0 Å². The highest BCUT2D eigenvalue weighted by Crippen LogP contribution is 2.49. The van der Waals surface area contributed by atoms with Crippen LogP contribution in [-0.4, -0.2) is 16.3 Å². The highest BCUT2D eigenvalue weighted by atomic mass is 79.9. The van der Waals surface area contributed by atoms with Crippen LogP contribution >= 0.6 is 47.8 Å². The second kappa shape index (κ2) is 3.28. The molecule has 74 valence electrons. The Bertz CT molecular complexity index is 399. The molecule has 0 aromatic rings. The minimum atomic E-state index is -1.07. The minimum Gasteiger partial charge on any atom is -0.391 e. The van der Waals surface area contributed by atoms with Gasteiger partial charge in [0, 0.05) is 8.96 Å². The zero-order valence-corrected chi connectivity index (χ0v) is 11.3. The molecule has 6 heteroatoms. The van der Waals surface area contributed by atoms with E-state index < -0.39 is 22.2 Å². The zero-order valence-electron chi connectivity index (χ0n) is 6.59. The summed E-state index contributed by atoms with van der Waals surface area (Å²) in [4.78, 5) is 22.8. The summed E-state index contributed by atoms with van der Waals surface area (Å²) in [5.74, 6) is -1.72. The smallest absolute Gasteiger partial charge is 0.336 e. The molecule has 0 aromatic heterocycles. The summed E-state index contributed by atoms with van der Waals surface area (Å²) < 4.78 is 4.83. The molecule has 14 heavy (non-hydrogen) atoms. The number of rotatable bonds is 0. The summed E-state index contributed by atoms with van der Waals surface area (Å²) in [5, 5.41) is 0. The second-order valence-corrected chi connectivity index (χ2v) is 5.96. The maximum atomic E-state index is 11.5. The van der Waals surface area contributed by atoms with Crippen LogP contribution in [0.15, 0.2) is 21.1 Å². The topological polar surface area (TPSA) is 43.4 Å². The number of alkyl halides is 1. The Balaban J connectivity index is 2.57. The Hall–Kier alpha value is 0.0600. The lowest BCUT2D eigenvalue weighted by Gasteiger charge is -2.24. The van der Waals surface area contributed by atoms with E-state index in [0.717, 1.165) is 4.48 Å². The van der Waals surface area contributed by atoms with Crippen LogP contribution in [-0.2, 0) is 14.3 Å². The van der Waals surface area contributed by atoms with E-state index in [1.165, 1.54) is 0 Å². The first-order chi connectivity index (χ1) is 6.46. The van der Waals surface area contributed by atoms with E-state index in [9.17, 15) is 9.59 Å². The first-order valence-electron chi connectivity index (χ1n) is 3.66. The Kier molecular flexibility index (Phi) is 2.48. The van der Waals surface area contributed by atoms with Gasteiger partial charge in [-0.1, -0.05) is 53.9 Å². The molecule has 0 radical (unpaired) electrons. The van der Waals surface area contributed by atoms with Crippen molar-refractivity contribution in [3.8, 4) is 0 Å². The maximum absolute atomic E-state index is 11.5. The number of fused-ring (bicyclic) bond motifs is 1. The molecule has 0 aromatic carbocycles. The van der Waals surface area contributed by atoms with Gasteiger partial charge in [-0.3, -0.25) is 4.79 Å². The highest BCUT2D eigenvalue weighted by molar-refractivity contribution is 9.14. The Labute approximate surface area is 105 Å². The zero-order chi connectivity index (χ0) is 10.5. The summed E-state index contributed by atoms with van der Waals surface area (Å²) in [6, 6.07) is 0. The summed E-state index contributed by atoms with van der Waals surface area (Å²) in [5.41, 5.74) is 0. The van der Waals surface area contributed by atoms with Crippen LogP contribution in [0.4, 0.5) is 0 Å². The summed E-state index contributed by atoms with van der Waals surface area (Å²) in [7, 11) is 0. The van der Waals surface area contributed by atoms with Gasteiger partial charge in [-0.05, 0) is 6.08 Å². The molecule has 0 saturated carbocycles. The van der Waals surface area contributed by atoms with E-state index in [1.54, 1.807) is 12.2 Å². The van der Waals surface area contributed by atoms with E-state index in [-0.39, 0.29) is 0 Å². The van der Waals surface area contributed by atoms with Gasteiger partial charge in [-0.2, -0.15) is 0 Å². The van der Waals surface area contributed by atoms with Gasteiger partial charge in [0.1, 0.15) is 5.92 Å². The van der Waals surface area contributed by atoms with Gasteiger partial charge < -0.3 is 4.74 Å². The quantitative estimate of drug-likeness (QED) is 0.365. The lowest BCUT2D eigenvalue weighted by Crippen LogP contribution is -2.36. The highest BCUT2D eigenvalue weighted by Gasteiger charge is 2.58. The van der Waals surface area contributed by atoms with Crippen molar-refractivity contribution in [1.82, 2.24) is 0 Å². The lowest BCUT2D eigenvalue weighted by atomic mass is 9.90. The average molecular weight is 387 g/mol. The van der Waals surface area contributed by atoms with E-state index >= 15 is 0 Å².